The predicted octanol–water partition coefficient (Wildman–Crippen LogP) is 3.25. The molecule has 2 aliphatic heterocycles. The van der Waals surface area contributed by atoms with Gasteiger partial charge in [-0.1, -0.05) is 23.7 Å². The smallest absolute Gasteiger partial charge is 0.253 e. The van der Waals surface area contributed by atoms with Crippen molar-refractivity contribution in [2.75, 3.05) is 20.2 Å². The number of nitrogens with zero attached hydrogens (tertiary/aromatic N) is 1. The summed E-state index contributed by atoms with van der Waals surface area (Å²) in [6, 6.07) is 12.3. The van der Waals surface area contributed by atoms with E-state index in [9.17, 15) is 9.18 Å². The first-order chi connectivity index (χ1) is 14.5. The van der Waals surface area contributed by atoms with Gasteiger partial charge in [0.2, 0.25) is 0 Å². The van der Waals surface area contributed by atoms with Crippen LogP contribution in [0.25, 0.3) is 0 Å². The number of carbonyl (C=O) groups is 1. The van der Waals surface area contributed by atoms with Crippen LogP contribution in [0.3, 0.4) is 0 Å². The van der Waals surface area contributed by atoms with Gasteiger partial charge in [0.1, 0.15) is 11.6 Å². The Bertz CT molecular complexity index is 887. The monoisotopic (exact) mass is 432 g/mol. The third-order valence-electron chi connectivity index (χ3n) is 5.88. The van der Waals surface area contributed by atoms with E-state index < -0.39 is 5.82 Å². The van der Waals surface area contributed by atoms with Crippen molar-refractivity contribution in [3.63, 3.8) is 0 Å². The highest BCUT2D eigenvalue weighted by atomic mass is 35.5. The Morgan fingerprint density at radius 2 is 1.90 bits per heavy atom. The average molecular weight is 433 g/mol. The fourth-order valence-electron chi connectivity index (χ4n) is 4.13. The number of rotatable bonds is 5. The molecule has 2 aromatic rings. The topological polar surface area (TPSA) is 65.6 Å². The second-order valence-electron chi connectivity index (χ2n) is 7.77. The van der Waals surface area contributed by atoms with Crippen molar-refractivity contribution in [1.29, 1.82) is 0 Å². The number of methoxy groups -OCH3 is 1. The molecule has 160 valence electrons. The highest BCUT2D eigenvalue weighted by molar-refractivity contribution is 6.33. The summed E-state index contributed by atoms with van der Waals surface area (Å²) in [7, 11) is 1.67. The number of amides is 1. The number of carbonyl (C=O) groups excluding carboxylic acids is 1. The molecule has 2 fully saturated rings. The lowest BCUT2D eigenvalue weighted by Gasteiger charge is -2.35. The standard InChI is InChI=1S/C22H26ClFN4O2/c1-30-17-5-2-14(3-6-17)20-13-21(27-26-20)28-10-8-16(9-11-28)25-22(29)18-7-4-15(24)12-19(18)23/h2-7,12,16,20-21,26-27H,8-11,13H2,1H3,(H,25,29). The summed E-state index contributed by atoms with van der Waals surface area (Å²) >= 11 is 6.00. The zero-order valence-electron chi connectivity index (χ0n) is 16.8. The zero-order valence-corrected chi connectivity index (χ0v) is 17.6. The van der Waals surface area contributed by atoms with Crippen molar-refractivity contribution >= 4 is 17.5 Å². The molecule has 0 bridgehead atoms. The van der Waals surface area contributed by atoms with E-state index in [0.29, 0.717) is 5.56 Å². The van der Waals surface area contributed by atoms with Crippen LogP contribution >= 0.6 is 11.6 Å². The van der Waals surface area contributed by atoms with E-state index in [0.717, 1.165) is 44.2 Å². The Kier molecular flexibility index (Phi) is 6.53. The van der Waals surface area contributed by atoms with Crippen molar-refractivity contribution < 1.29 is 13.9 Å². The van der Waals surface area contributed by atoms with Crippen LogP contribution in [0.4, 0.5) is 4.39 Å². The van der Waals surface area contributed by atoms with Crippen molar-refractivity contribution in [3.05, 3.63) is 64.4 Å². The quantitative estimate of drug-likeness (QED) is 0.677. The molecule has 1 amide bonds. The fraction of sp³-hybridized carbons (Fsp3) is 0.409. The number of halogens is 2. The van der Waals surface area contributed by atoms with E-state index in [2.05, 4.69) is 33.2 Å². The van der Waals surface area contributed by atoms with E-state index in [1.165, 1.54) is 17.7 Å². The number of hydrogen-bond donors (Lipinski definition) is 3. The van der Waals surface area contributed by atoms with Crippen molar-refractivity contribution in [1.82, 2.24) is 21.1 Å². The van der Waals surface area contributed by atoms with Crippen LogP contribution in [0.15, 0.2) is 42.5 Å². The third kappa shape index (κ3) is 4.75. The van der Waals surface area contributed by atoms with Crippen LogP contribution in [-0.2, 0) is 0 Å². The molecule has 2 saturated heterocycles. The number of hydrazine groups is 1. The summed E-state index contributed by atoms with van der Waals surface area (Å²) in [4.78, 5) is 14.9. The van der Waals surface area contributed by atoms with Gasteiger partial charge in [-0.05, 0) is 55.2 Å². The molecule has 2 atom stereocenters. The number of likely N-dealkylation sites (tertiary alicyclic amines) is 1. The minimum atomic E-state index is -0.449. The predicted molar refractivity (Wildman–Crippen MR) is 114 cm³/mol. The number of ether oxygens (including phenoxy) is 1. The van der Waals surface area contributed by atoms with E-state index in [-0.39, 0.29) is 29.2 Å². The Balaban J connectivity index is 1.27. The maximum absolute atomic E-state index is 13.2. The second kappa shape index (κ2) is 9.31. The molecule has 0 radical (unpaired) electrons. The second-order valence-corrected chi connectivity index (χ2v) is 8.18. The van der Waals surface area contributed by atoms with E-state index >= 15 is 0 Å². The summed E-state index contributed by atoms with van der Waals surface area (Å²) in [6.45, 7) is 1.77. The molecule has 3 N–H and O–H groups in total. The number of benzene rings is 2. The Morgan fingerprint density at radius 3 is 2.57 bits per heavy atom. The molecule has 0 aromatic heterocycles. The van der Waals surface area contributed by atoms with Crippen molar-refractivity contribution in [2.24, 2.45) is 0 Å². The summed E-state index contributed by atoms with van der Waals surface area (Å²) in [5, 5.41) is 3.17. The summed E-state index contributed by atoms with van der Waals surface area (Å²) in [5.74, 6) is 0.154. The van der Waals surface area contributed by atoms with Crippen LogP contribution in [0.2, 0.25) is 5.02 Å². The lowest BCUT2D eigenvalue weighted by atomic mass is 10.0. The van der Waals surface area contributed by atoms with Gasteiger partial charge in [0.05, 0.1) is 23.9 Å². The molecule has 30 heavy (non-hydrogen) atoms. The Morgan fingerprint density at radius 1 is 1.17 bits per heavy atom. The van der Waals surface area contributed by atoms with Crippen LogP contribution < -0.4 is 20.9 Å². The summed E-state index contributed by atoms with van der Waals surface area (Å²) in [6.07, 6.45) is 2.93. The van der Waals surface area contributed by atoms with Gasteiger partial charge in [-0.25, -0.2) is 15.2 Å². The van der Waals surface area contributed by atoms with Gasteiger partial charge >= 0.3 is 0 Å². The number of nitrogens with one attached hydrogen (secondary N) is 3. The molecule has 2 unspecified atom stereocenters. The maximum Gasteiger partial charge on any atom is 0.253 e. The first kappa shape index (κ1) is 21.1. The number of piperidine rings is 1. The van der Waals surface area contributed by atoms with Crippen molar-refractivity contribution in [3.8, 4) is 5.75 Å². The lowest BCUT2D eigenvalue weighted by molar-refractivity contribution is 0.0880. The first-order valence-corrected chi connectivity index (χ1v) is 10.6. The van der Waals surface area contributed by atoms with E-state index in [4.69, 9.17) is 16.3 Å². The van der Waals surface area contributed by atoms with Gasteiger partial charge in [0.15, 0.2) is 0 Å². The fourth-order valence-corrected chi connectivity index (χ4v) is 4.38. The molecule has 6 nitrogen and oxygen atoms in total. The van der Waals surface area contributed by atoms with Gasteiger partial charge in [-0.15, -0.1) is 0 Å². The summed E-state index contributed by atoms with van der Waals surface area (Å²) in [5.41, 5.74) is 8.32. The third-order valence-corrected chi connectivity index (χ3v) is 6.20. The van der Waals surface area contributed by atoms with Gasteiger partial charge in [0, 0.05) is 25.2 Å². The van der Waals surface area contributed by atoms with E-state index in [1.807, 2.05) is 12.1 Å². The molecular formula is C22H26ClFN4O2. The lowest BCUT2D eigenvalue weighted by Crippen LogP contribution is -2.51. The molecule has 0 aliphatic carbocycles. The molecule has 0 saturated carbocycles. The first-order valence-electron chi connectivity index (χ1n) is 10.2. The zero-order chi connectivity index (χ0) is 21.1. The van der Waals surface area contributed by atoms with Crippen LogP contribution in [0.1, 0.15) is 41.2 Å². The number of hydrogen-bond acceptors (Lipinski definition) is 5. The van der Waals surface area contributed by atoms with Gasteiger partial charge < -0.3 is 10.1 Å². The van der Waals surface area contributed by atoms with Crippen LogP contribution in [0.5, 0.6) is 5.75 Å². The molecule has 4 rings (SSSR count). The average Bonchev–Trinajstić information content (AvgIpc) is 3.24. The highest BCUT2D eigenvalue weighted by Crippen LogP contribution is 2.27. The van der Waals surface area contributed by atoms with E-state index in [1.54, 1.807) is 7.11 Å². The molecular weight excluding hydrogens is 407 g/mol. The molecule has 2 aliphatic rings. The minimum Gasteiger partial charge on any atom is -0.497 e. The Labute approximate surface area is 180 Å². The van der Waals surface area contributed by atoms with Crippen molar-refractivity contribution in [2.45, 2.75) is 37.5 Å². The van der Waals surface area contributed by atoms with Crippen LogP contribution in [0, 0.1) is 5.82 Å². The van der Waals surface area contributed by atoms with Crippen LogP contribution in [-0.4, -0.2) is 43.2 Å². The SMILES string of the molecule is COc1ccc(C2CC(N3CCC(NC(=O)c4ccc(F)cc4Cl)CC3)NN2)cc1. The summed E-state index contributed by atoms with van der Waals surface area (Å²) < 4.78 is 18.4. The Hall–Kier alpha value is -2.19. The molecule has 0 spiro atoms. The largest absolute Gasteiger partial charge is 0.497 e. The van der Waals surface area contributed by atoms with Gasteiger partial charge in [-0.3, -0.25) is 9.69 Å². The van der Waals surface area contributed by atoms with Gasteiger partial charge in [0.25, 0.3) is 5.91 Å². The van der Waals surface area contributed by atoms with Gasteiger partial charge in [-0.2, -0.15) is 0 Å². The normalized spacial score (nSPS) is 22.8. The maximum atomic E-state index is 13.2. The highest BCUT2D eigenvalue weighted by Gasteiger charge is 2.32. The molecule has 8 heteroatoms. The molecule has 2 heterocycles. The molecule has 2 aromatic carbocycles. The minimum absolute atomic E-state index is 0.0848.